The zero-order valence-corrected chi connectivity index (χ0v) is 10.8. The Kier molecular flexibility index (Phi) is 4.85. The molecule has 0 unspecified atom stereocenters. The van der Waals surface area contributed by atoms with E-state index < -0.39 is 0 Å². The van der Waals surface area contributed by atoms with E-state index in [-0.39, 0.29) is 5.41 Å². The van der Waals surface area contributed by atoms with Crippen molar-refractivity contribution in [2.75, 3.05) is 0 Å². The normalized spacial score (nSPS) is 14.7. The summed E-state index contributed by atoms with van der Waals surface area (Å²) in [7, 11) is 0. The van der Waals surface area contributed by atoms with Gasteiger partial charge in [-0.15, -0.1) is 0 Å². The van der Waals surface area contributed by atoms with Gasteiger partial charge in [0, 0.05) is 0 Å². The van der Waals surface area contributed by atoms with Gasteiger partial charge >= 0.3 is 0 Å². The zero-order valence-electron chi connectivity index (χ0n) is 10.8. The zero-order chi connectivity index (χ0) is 12.0. The molecule has 16 heavy (non-hydrogen) atoms. The molecule has 0 bridgehead atoms. The van der Waals surface area contributed by atoms with Crippen LogP contribution in [-0.4, -0.2) is 5.11 Å². The molecule has 0 aliphatic carbocycles. The van der Waals surface area contributed by atoms with Crippen LogP contribution in [0.3, 0.4) is 0 Å². The van der Waals surface area contributed by atoms with Crippen molar-refractivity contribution in [2.45, 2.75) is 58.3 Å². The molecular formula is C15H24O. The minimum atomic E-state index is 0.276. The average molecular weight is 220 g/mol. The fourth-order valence-corrected chi connectivity index (χ4v) is 2.40. The minimum absolute atomic E-state index is 0.276. The summed E-state index contributed by atoms with van der Waals surface area (Å²) in [5.41, 5.74) is 1.64. The first kappa shape index (κ1) is 13.1. The molecule has 1 heteroatoms. The Morgan fingerprint density at radius 1 is 1.00 bits per heavy atom. The predicted molar refractivity (Wildman–Crippen MR) is 69.9 cm³/mol. The molecule has 0 saturated heterocycles. The molecule has 1 N–H and O–H groups in total. The number of aromatic hydroxyl groups is 1. The van der Waals surface area contributed by atoms with Gasteiger partial charge < -0.3 is 5.11 Å². The summed E-state index contributed by atoms with van der Waals surface area (Å²) in [6.45, 7) is 6.83. The highest BCUT2D eigenvalue weighted by atomic mass is 16.3. The van der Waals surface area contributed by atoms with Crippen LogP contribution in [0.5, 0.6) is 5.75 Å². The Morgan fingerprint density at radius 3 is 2.12 bits per heavy atom. The van der Waals surface area contributed by atoms with Crippen molar-refractivity contribution in [2.24, 2.45) is 0 Å². The quantitative estimate of drug-likeness (QED) is 0.740. The van der Waals surface area contributed by atoms with Crippen molar-refractivity contribution in [3.63, 3.8) is 0 Å². The highest BCUT2D eigenvalue weighted by Gasteiger charge is 2.24. The lowest BCUT2D eigenvalue weighted by atomic mass is 9.75. The second-order valence-corrected chi connectivity index (χ2v) is 4.96. The molecule has 0 fully saturated rings. The van der Waals surface area contributed by atoms with Crippen LogP contribution >= 0.6 is 0 Å². The monoisotopic (exact) mass is 220 g/mol. The number of hydrogen-bond acceptors (Lipinski definition) is 1. The molecule has 1 nitrogen and oxygen atoms in total. The third-order valence-corrected chi connectivity index (χ3v) is 3.45. The van der Waals surface area contributed by atoms with Gasteiger partial charge in [-0.3, -0.25) is 0 Å². The molecule has 0 amide bonds. The number of benzene rings is 1. The van der Waals surface area contributed by atoms with E-state index in [1.54, 1.807) is 12.1 Å². The summed E-state index contributed by atoms with van der Waals surface area (Å²) in [6, 6.07) is 7.74. The van der Waals surface area contributed by atoms with Crippen LogP contribution in [0.15, 0.2) is 24.3 Å². The molecule has 1 aromatic carbocycles. The van der Waals surface area contributed by atoms with Gasteiger partial charge in [-0.05, 0) is 36.0 Å². The standard InChI is InChI=1S/C15H24O/c1-4-6-12-15(3,11-5-2)13-7-9-14(16)10-8-13/h7-10,16H,4-6,11-12H2,1-3H3/t15-/m0/s1. The largest absolute Gasteiger partial charge is 0.508 e. The van der Waals surface area contributed by atoms with Crippen LogP contribution in [0.1, 0.15) is 58.4 Å². The lowest BCUT2D eigenvalue weighted by Gasteiger charge is -2.30. The lowest BCUT2D eigenvalue weighted by Crippen LogP contribution is -2.21. The number of hydrogen-bond donors (Lipinski definition) is 1. The van der Waals surface area contributed by atoms with Gasteiger partial charge in [0.15, 0.2) is 0 Å². The van der Waals surface area contributed by atoms with Crippen molar-refractivity contribution in [3.8, 4) is 5.75 Å². The third-order valence-electron chi connectivity index (χ3n) is 3.45. The second-order valence-electron chi connectivity index (χ2n) is 4.96. The molecule has 0 spiro atoms. The van der Waals surface area contributed by atoms with Gasteiger partial charge in [-0.25, -0.2) is 0 Å². The Balaban J connectivity index is 2.86. The number of unbranched alkanes of at least 4 members (excludes halogenated alkanes) is 1. The molecule has 0 saturated carbocycles. The first-order valence-corrected chi connectivity index (χ1v) is 6.42. The smallest absolute Gasteiger partial charge is 0.115 e. The Labute approximate surface area is 99.5 Å². The van der Waals surface area contributed by atoms with Crippen LogP contribution in [0.25, 0.3) is 0 Å². The Bertz CT molecular complexity index is 302. The fraction of sp³-hybridized carbons (Fsp3) is 0.600. The van der Waals surface area contributed by atoms with Crippen molar-refractivity contribution in [3.05, 3.63) is 29.8 Å². The van der Waals surface area contributed by atoms with Crippen molar-refractivity contribution < 1.29 is 5.11 Å². The second kappa shape index (κ2) is 5.93. The molecule has 0 aliphatic heterocycles. The predicted octanol–water partition coefficient (Wildman–Crippen LogP) is 4.64. The van der Waals surface area contributed by atoms with Crippen LogP contribution in [0.4, 0.5) is 0 Å². The highest BCUT2D eigenvalue weighted by molar-refractivity contribution is 5.31. The number of phenolic OH excluding ortho intramolecular Hbond substituents is 1. The third kappa shape index (κ3) is 3.26. The fourth-order valence-electron chi connectivity index (χ4n) is 2.40. The molecule has 0 aromatic heterocycles. The molecule has 0 radical (unpaired) electrons. The van der Waals surface area contributed by atoms with Crippen LogP contribution in [0, 0.1) is 0 Å². The summed E-state index contributed by atoms with van der Waals surface area (Å²) in [5.74, 6) is 0.359. The number of phenols is 1. The summed E-state index contributed by atoms with van der Waals surface area (Å²) in [6.07, 6.45) is 6.19. The van der Waals surface area contributed by atoms with Crippen molar-refractivity contribution >= 4 is 0 Å². The molecule has 1 atom stereocenters. The van der Waals surface area contributed by atoms with Gasteiger partial charge in [0.25, 0.3) is 0 Å². The van der Waals surface area contributed by atoms with E-state index >= 15 is 0 Å². The first-order chi connectivity index (χ1) is 7.62. The van der Waals surface area contributed by atoms with Gasteiger partial charge in [0.2, 0.25) is 0 Å². The maximum absolute atomic E-state index is 9.33. The summed E-state index contributed by atoms with van der Waals surface area (Å²) < 4.78 is 0. The summed E-state index contributed by atoms with van der Waals surface area (Å²) in [4.78, 5) is 0. The van der Waals surface area contributed by atoms with Crippen molar-refractivity contribution in [1.29, 1.82) is 0 Å². The van der Waals surface area contributed by atoms with E-state index in [1.165, 1.54) is 37.7 Å². The molecule has 90 valence electrons. The minimum Gasteiger partial charge on any atom is -0.508 e. The lowest BCUT2D eigenvalue weighted by molar-refractivity contribution is 0.382. The van der Waals surface area contributed by atoms with E-state index in [4.69, 9.17) is 0 Å². The Morgan fingerprint density at radius 2 is 1.62 bits per heavy atom. The van der Waals surface area contributed by atoms with E-state index in [2.05, 4.69) is 32.9 Å². The first-order valence-electron chi connectivity index (χ1n) is 6.42. The van der Waals surface area contributed by atoms with Gasteiger partial charge in [-0.2, -0.15) is 0 Å². The summed E-state index contributed by atoms with van der Waals surface area (Å²) >= 11 is 0. The van der Waals surface area contributed by atoms with E-state index in [9.17, 15) is 5.11 Å². The SMILES string of the molecule is CCCC[C@](C)(CCC)c1ccc(O)cc1. The van der Waals surface area contributed by atoms with Gasteiger partial charge in [0.1, 0.15) is 5.75 Å². The van der Waals surface area contributed by atoms with Gasteiger partial charge in [-0.1, -0.05) is 52.2 Å². The van der Waals surface area contributed by atoms with Crippen molar-refractivity contribution in [1.82, 2.24) is 0 Å². The average Bonchev–Trinajstić information content (AvgIpc) is 2.27. The molecule has 0 aliphatic rings. The molecule has 1 aromatic rings. The van der Waals surface area contributed by atoms with E-state index in [1.807, 2.05) is 0 Å². The maximum Gasteiger partial charge on any atom is 0.115 e. The van der Waals surface area contributed by atoms with Crippen LogP contribution in [-0.2, 0) is 5.41 Å². The molecular weight excluding hydrogens is 196 g/mol. The Hall–Kier alpha value is -0.980. The van der Waals surface area contributed by atoms with E-state index in [0.29, 0.717) is 5.75 Å². The van der Waals surface area contributed by atoms with Crippen LogP contribution < -0.4 is 0 Å². The molecule has 0 heterocycles. The highest BCUT2D eigenvalue weighted by Crippen LogP contribution is 2.34. The summed E-state index contributed by atoms with van der Waals surface area (Å²) in [5, 5.41) is 9.33. The topological polar surface area (TPSA) is 20.2 Å². The maximum atomic E-state index is 9.33. The van der Waals surface area contributed by atoms with E-state index in [0.717, 1.165) is 0 Å². The number of rotatable bonds is 6. The molecule has 1 rings (SSSR count). The van der Waals surface area contributed by atoms with Crippen LogP contribution in [0.2, 0.25) is 0 Å². The van der Waals surface area contributed by atoms with Gasteiger partial charge in [0.05, 0.1) is 0 Å².